The van der Waals surface area contributed by atoms with E-state index in [1.807, 2.05) is 0 Å². The zero-order valence-corrected chi connectivity index (χ0v) is 14.2. The van der Waals surface area contributed by atoms with Gasteiger partial charge in [-0.3, -0.25) is 9.20 Å². The van der Waals surface area contributed by atoms with E-state index in [1.165, 1.54) is 6.92 Å². The molecule has 2 N–H and O–H groups in total. The Bertz CT molecular complexity index is 846. The van der Waals surface area contributed by atoms with Gasteiger partial charge in [-0.15, -0.1) is 0 Å². The lowest BCUT2D eigenvalue weighted by molar-refractivity contribution is -0.140. The molecule has 0 spiro atoms. The Kier molecular flexibility index (Phi) is 4.99. The molecule has 0 fully saturated rings. The maximum absolute atomic E-state index is 13.0. The van der Waals surface area contributed by atoms with Gasteiger partial charge in [0.1, 0.15) is 11.7 Å². The van der Waals surface area contributed by atoms with Crippen molar-refractivity contribution in [2.24, 2.45) is 5.92 Å². The topological polar surface area (TPSA) is 83.7 Å². The molecule has 0 aliphatic heterocycles. The number of carboxylic acids is 1. The van der Waals surface area contributed by atoms with Crippen molar-refractivity contribution in [3.8, 4) is 0 Å². The van der Waals surface area contributed by atoms with Crippen molar-refractivity contribution in [2.75, 3.05) is 0 Å². The first-order chi connectivity index (χ1) is 11.4. The Labute approximate surface area is 145 Å². The Balaban J connectivity index is 2.57. The number of imidazole rings is 1. The fraction of sp³-hybridized carbons (Fsp3) is 0.400. The number of halogens is 4. The summed E-state index contributed by atoms with van der Waals surface area (Å²) in [6.45, 7) is 4.62. The molecule has 0 bridgehead atoms. The van der Waals surface area contributed by atoms with Gasteiger partial charge in [-0.2, -0.15) is 13.2 Å². The van der Waals surface area contributed by atoms with Crippen molar-refractivity contribution in [3.63, 3.8) is 0 Å². The number of pyridine rings is 1. The number of aliphatic carboxylic acids is 1. The van der Waals surface area contributed by atoms with Gasteiger partial charge in [-0.25, -0.2) is 9.78 Å². The van der Waals surface area contributed by atoms with Gasteiger partial charge in [0.05, 0.1) is 16.3 Å². The van der Waals surface area contributed by atoms with Crippen LogP contribution in [-0.2, 0) is 11.0 Å². The summed E-state index contributed by atoms with van der Waals surface area (Å²) < 4.78 is 39.9. The zero-order valence-electron chi connectivity index (χ0n) is 13.5. The van der Waals surface area contributed by atoms with E-state index >= 15 is 0 Å². The third-order valence-corrected chi connectivity index (χ3v) is 3.89. The molecule has 0 aliphatic rings. The van der Waals surface area contributed by atoms with E-state index in [9.17, 15) is 22.8 Å². The van der Waals surface area contributed by atoms with Crippen LogP contribution in [0.4, 0.5) is 13.2 Å². The molecule has 2 aromatic rings. The molecule has 1 unspecified atom stereocenters. The number of alkyl halides is 3. The first-order valence-electron chi connectivity index (χ1n) is 7.22. The molecule has 2 aromatic heterocycles. The van der Waals surface area contributed by atoms with E-state index in [0.717, 1.165) is 10.5 Å². The summed E-state index contributed by atoms with van der Waals surface area (Å²) in [5, 5.41) is 11.2. The number of hydrogen-bond donors (Lipinski definition) is 2. The fourth-order valence-corrected chi connectivity index (χ4v) is 2.62. The summed E-state index contributed by atoms with van der Waals surface area (Å²) in [5.74, 6) is -2.51. The van der Waals surface area contributed by atoms with Crippen LogP contribution in [0.5, 0.6) is 0 Å². The van der Waals surface area contributed by atoms with Gasteiger partial charge in [0.15, 0.2) is 5.65 Å². The number of fused-ring (bicyclic) bond motifs is 1. The minimum atomic E-state index is -4.66. The minimum Gasteiger partial charge on any atom is -0.480 e. The Morgan fingerprint density at radius 2 is 1.96 bits per heavy atom. The second kappa shape index (κ2) is 6.55. The summed E-state index contributed by atoms with van der Waals surface area (Å²) in [7, 11) is 0. The first kappa shape index (κ1) is 19.0. The quantitative estimate of drug-likeness (QED) is 0.857. The lowest BCUT2D eigenvalue weighted by Gasteiger charge is -2.18. The maximum atomic E-state index is 13.0. The van der Waals surface area contributed by atoms with Crippen LogP contribution in [-0.4, -0.2) is 32.4 Å². The smallest absolute Gasteiger partial charge is 0.417 e. The summed E-state index contributed by atoms with van der Waals surface area (Å²) in [4.78, 5) is 27.7. The number of aryl methyl sites for hydroxylation is 1. The van der Waals surface area contributed by atoms with E-state index < -0.39 is 35.6 Å². The third kappa shape index (κ3) is 3.71. The largest absolute Gasteiger partial charge is 0.480 e. The van der Waals surface area contributed by atoms with Crippen LogP contribution in [0.2, 0.25) is 5.02 Å². The van der Waals surface area contributed by atoms with Crippen molar-refractivity contribution >= 4 is 29.1 Å². The van der Waals surface area contributed by atoms with Crippen LogP contribution >= 0.6 is 11.6 Å². The number of carbonyl (C=O) groups excluding carboxylic acids is 1. The van der Waals surface area contributed by atoms with Gasteiger partial charge in [0.25, 0.3) is 5.91 Å². The first-order valence-corrected chi connectivity index (χ1v) is 7.60. The van der Waals surface area contributed by atoms with Crippen LogP contribution < -0.4 is 5.32 Å². The van der Waals surface area contributed by atoms with Gasteiger partial charge < -0.3 is 10.4 Å². The highest BCUT2D eigenvalue weighted by molar-refractivity contribution is 6.33. The molecule has 0 aliphatic carbocycles. The second-order valence-corrected chi connectivity index (χ2v) is 6.25. The second-order valence-electron chi connectivity index (χ2n) is 5.85. The number of aromatic nitrogens is 2. The fourth-order valence-electron chi connectivity index (χ4n) is 2.37. The molecule has 0 aromatic carbocycles. The van der Waals surface area contributed by atoms with Crippen LogP contribution in [0.15, 0.2) is 12.3 Å². The van der Waals surface area contributed by atoms with Gasteiger partial charge in [0, 0.05) is 6.20 Å². The van der Waals surface area contributed by atoms with E-state index in [0.29, 0.717) is 6.20 Å². The van der Waals surface area contributed by atoms with E-state index in [1.54, 1.807) is 13.8 Å². The molecule has 2 rings (SSSR count). The van der Waals surface area contributed by atoms with Crippen molar-refractivity contribution in [2.45, 2.75) is 33.0 Å². The summed E-state index contributed by atoms with van der Waals surface area (Å²) in [6.07, 6.45) is -3.95. The molecule has 1 amide bonds. The number of rotatable bonds is 4. The molecule has 10 heteroatoms. The van der Waals surface area contributed by atoms with Crippen LogP contribution in [0, 0.1) is 12.8 Å². The number of carboxylic acid groups (broad SMARTS) is 1. The van der Waals surface area contributed by atoms with Gasteiger partial charge in [-0.05, 0) is 18.9 Å². The number of nitrogens with zero attached hydrogens (tertiary/aromatic N) is 2. The Morgan fingerprint density at radius 1 is 1.36 bits per heavy atom. The normalized spacial score (nSPS) is 13.3. The number of amides is 1. The standard InChI is InChI=1S/C15H15ClF3N3O3/c1-6(2)10(14(24)25)21-13(23)11-7(3)20-12-9(16)4-8(5-22(11)12)15(17,18)19/h4-6,10H,1-3H3,(H,21,23)(H,24,25). The highest BCUT2D eigenvalue weighted by Crippen LogP contribution is 2.33. The highest BCUT2D eigenvalue weighted by atomic mass is 35.5. The minimum absolute atomic E-state index is 0.0197. The van der Waals surface area contributed by atoms with E-state index in [-0.39, 0.29) is 22.1 Å². The predicted octanol–water partition coefficient (Wildman–Crippen LogP) is 3.15. The molecule has 136 valence electrons. The number of carbonyl (C=O) groups is 2. The molecule has 6 nitrogen and oxygen atoms in total. The monoisotopic (exact) mass is 377 g/mol. The van der Waals surface area contributed by atoms with Crippen molar-refractivity contribution in [3.05, 3.63) is 34.2 Å². The molecule has 0 saturated carbocycles. The SMILES string of the molecule is Cc1nc2c(Cl)cc(C(F)(F)F)cn2c1C(=O)NC(C(=O)O)C(C)C. The van der Waals surface area contributed by atoms with Gasteiger partial charge >= 0.3 is 12.1 Å². The van der Waals surface area contributed by atoms with E-state index in [4.69, 9.17) is 16.7 Å². The molecule has 0 saturated heterocycles. The number of nitrogens with one attached hydrogen (secondary N) is 1. The van der Waals surface area contributed by atoms with Crippen molar-refractivity contribution < 1.29 is 27.9 Å². The average Bonchev–Trinajstić information content (AvgIpc) is 2.79. The predicted molar refractivity (Wildman–Crippen MR) is 83.7 cm³/mol. The number of hydrogen-bond acceptors (Lipinski definition) is 3. The van der Waals surface area contributed by atoms with Crippen molar-refractivity contribution in [1.82, 2.24) is 14.7 Å². The lowest BCUT2D eigenvalue weighted by Crippen LogP contribution is -2.44. The van der Waals surface area contributed by atoms with Gasteiger partial charge in [0.2, 0.25) is 0 Å². The average molecular weight is 378 g/mol. The highest BCUT2D eigenvalue weighted by Gasteiger charge is 2.33. The Hall–Kier alpha value is -2.29. The summed E-state index contributed by atoms with van der Waals surface area (Å²) >= 11 is 5.86. The molecule has 1 atom stereocenters. The van der Waals surface area contributed by atoms with E-state index in [2.05, 4.69) is 10.3 Å². The van der Waals surface area contributed by atoms with Gasteiger partial charge in [-0.1, -0.05) is 25.4 Å². The lowest BCUT2D eigenvalue weighted by atomic mass is 10.0. The van der Waals surface area contributed by atoms with Crippen LogP contribution in [0.3, 0.4) is 0 Å². The Morgan fingerprint density at radius 3 is 2.44 bits per heavy atom. The molecule has 0 radical (unpaired) electrons. The van der Waals surface area contributed by atoms with Crippen LogP contribution in [0.1, 0.15) is 35.6 Å². The molecule has 25 heavy (non-hydrogen) atoms. The molecule has 2 heterocycles. The molecular weight excluding hydrogens is 363 g/mol. The van der Waals surface area contributed by atoms with Crippen LogP contribution in [0.25, 0.3) is 5.65 Å². The zero-order chi connectivity index (χ0) is 19.1. The summed E-state index contributed by atoms with van der Waals surface area (Å²) in [5.41, 5.74) is -1.13. The summed E-state index contributed by atoms with van der Waals surface area (Å²) in [6, 6.07) is -0.474. The van der Waals surface area contributed by atoms with Crippen molar-refractivity contribution in [1.29, 1.82) is 0 Å². The molecular formula is C15H15ClF3N3O3. The third-order valence-electron chi connectivity index (χ3n) is 3.61. The maximum Gasteiger partial charge on any atom is 0.417 e.